The minimum Gasteiger partial charge on any atom is -0.324 e. The maximum absolute atomic E-state index is 10.3. The maximum Gasteiger partial charge on any atom is 0.269 e. The first kappa shape index (κ1) is 9.67. The number of rotatable bonds is 3. The predicted octanol–water partition coefficient (Wildman–Crippen LogP) is 2.00. The van der Waals surface area contributed by atoms with E-state index in [-0.39, 0.29) is 11.7 Å². The molecule has 0 spiro atoms. The van der Waals surface area contributed by atoms with Crippen LogP contribution in [-0.4, -0.2) is 4.92 Å². The first-order valence-electron chi connectivity index (χ1n) is 4.15. The Kier molecular flexibility index (Phi) is 2.97. The monoisotopic (exact) mass is 180 g/mol. The van der Waals surface area contributed by atoms with Crippen LogP contribution in [0.25, 0.3) is 0 Å². The Hall–Kier alpha value is -1.42. The van der Waals surface area contributed by atoms with E-state index in [0.29, 0.717) is 0 Å². The van der Waals surface area contributed by atoms with Crippen molar-refractivity contribution in [3.8, 4) is 0 Å². The van der Waals surface area contributed by atoms with E-state index in [1.807, 2.05) is 6.92 Å². The molecular formula is C9H12N2O2. The molecule has 1 rings (SSSR count). The summed E-state index contributed by atoms with van der Waals surface area (Å²) in [6.07, 6.45) is 0.831. The van der Waals surface area contributed by atoms with E-state index in [1.165, 1.54) is 12.1 Å². The molecule has 0 heterocycles. The van der Waals surface area contributed by atoms with Gasteiger partial charge in [0.25, 0.3) is 5.69 Å². The topological polar surface area (TPSA) is 69.2 Å². The van der Waals surface area contributed by atoms with Crippen LogP contribution in [0.15, 0.2) is 24.3 Å². The molecule has 4 heteroatoms. The van der Waals surface area contributed by atoms with Gasteiger partial charge < -0.3 is 5.73 Å². The summed E-state index contributed by atoms with van der Waals surface area (Å²) in [5.41, 5.74) is 6.79. The second-order valence-electron chi connectivity index (χ2n) is 2.86. The van der Waals surface area contributed by atoms with Gasteiger partial charge in [-0.05, 0) is 12.0 Å². The zero-order chi connectivity index (χ0) is 9.84. The van der Waals surface area contributed by atoms with Gasteiger partial charge in [0.15, 0.2) is 0 Å². The lowest BCUT2D eigenvalue weighted by Crippen LogP contribution is -2.08. The largest absolute Gasteiger partial charge is 0.324 e. The molecule has 13 heavy (non-hydrogen) atoms. The van der Waals surface area contributed by atoms with Crippen molar-refractivity contribution in [1.82, 2.24) is 0 Å². The van der Waals surface area contributed by atoms with Crippen LogP contribution < -0.4 is 5.73 Å². The van der Waals surface area contributed by atoms with Crippen LogP contribution in [0.2, 0.25) is 0 Å². The standard InChI is InChI=1S/C9H12N2O2/c1-2-9(10)7-3-5-8(6-4-7)11(12)13/h3-6,9H,2,10H2,1H3/t9-/m0/s1. The lowest BCUT2D eigenvalue weighted by Gasteiger charge is -2.07. The normalized spacial score (nSPS) is 12.5. The fourth-order valence-electron chi connectivity index (χ4n) is 1.08. The van der Waals surface area contributed by atoms with Crippen LogP contribution in [0.3, 0.4) is 0 Å². The molecule has 0 aromatic heterocycles. The van der Waals surface area contributed by atoms with E-state index in [2.05, 4.69) is 0 Å². The molecule has 0 unspecified atom stereocenters. The number of nitrogens with zero attached hydrogens (tertiary/aromatic N) is 1. The summed E-state index contributed by atoms with van der Waals surface area (Å²) in [7, 11) is 0. The fraction of sp³-hybridized carbons (Fsp3) is 0.333. The molecule has 1 atom stereocenters. The Labute approximate surface area is 76.5 Å². The molecule has 0 amide bonds. The first-order chi connectivity index (χ1) is 6.15. The van der Waals surface area contributed by atoms with E-state index in [4.69, 9.17) is 5.73 Å². The Morgan fingerprint density at radius 3 is 2.38 bits per heavy atom. The van der Waals surface area contributed by atoms with Gasteiger partial charge in [0, 0.05) is 18.2 Å². The Balaban J connectivity index is 2.87. The zero-order valence-electron chi connectivity index (χ0n) is 7.43. The average Bonchev–Trinajstić information content (AvgIpc) is 2.17. The van der Waals surface area contributed by atoms with Crippen LogP contribution in [0.1, 0.15) is 24.9 Å². The van der Waals surface area contributed by atoms with Gasteiger partial charge in [0.05, 0.1) is 4.92 Å². The van der Waals surface area contributed by atoms with E-state index < -0.39 is 4.92 Å². The Bertz CT molecular complexity index is 295. The van der Waals surface area contributed by atoms with Crippen molar-refractivity contribution >= 4 is 5.69 Å². The SMILES string of the molecule is CC[C@H](N)c1ccc([N+](=O)[O-])cc1. The van der Waals surface area contributed by atoms with Crippen LogP contribution in [0.4, 0.5) is 5.69 Å². The minimum absolute atomic E-state index is 0.0270. The molecule has 0 saturated heterocycles. The summed E-state index contributed by atoms with van der Waals surface area (Å²) in [4.78, 5) is 9.91. The van der Waals surface area contributed by atoms with Crippen molar-refractivity contribution in [2.45, 2.75) is 19.4 Å². The molecule has 0 aliphatic rings. The van der Waals surface area contributed by atoms with Crippen molar-refractivity contribution < 1.29 is 4.92 Å². The van der Waals surface area contributed by atoms with Gasteiger partial charge in [-0.3, -0.25) is 10.1 Å². The summed E-state index contributed by atoms with van der Waals surface area (Å²) in [6, 6.07) is 6.33. The number of nitro benzene ring substituents is 1. The zero-order valence-corrected chi connectivity index (χ0v) is 7.43. The van der Waals surface area contributed by atoms with E-state index in [1.54, 1.807) is 12.1 Å². The Morgan fingerprint density at radius 1 is 1.46 bits per heavy atom. The van der Waals surface area contributed by atoms with E-state index >= 15 is 0 Å². The van der Waals surface area contributed by atoms with Crippen molar-refractivity contribution in [2.75, 3.05) is 0 Å². The molecule has 1 aromatic rings. The number of non-ortho nitro benzene ring substituents is 1. The second kappa shape index (κ2) is 4.00. The van der Waals surface area contributed by atoms with Crippen LogP contribution in [-0.2, 0) is 0 Å². The number of hydrogen-bond donors (Lipinski definition) is 1. The molecule has 0 radical (unpaired) electrons. The molecule has 70 valence electrons. The molecule has 4 nitrogen and oxygen atoms in total. The van der Waals surface area contributed by atoms with Crippen LogP contribution >= 0.6 is 0 Å². The van der Waals surface area contributed by atoms with Crippen LogP contribution in [0, 0.1) is 10.1 Å². The van der Waals surface area contributed by atoms with Gasteiger partial charge in [0.1, 0.15) is 0 Å². The van der Waals surface area contributed by atoms with E-state index in [9.17, 15) is 10.1 Å². The van der Waals surface area contributed by atoms with Gasteiger partial charge in [-0.15, -0.1) is 0 Å². The highest BCUT2D eigenvalue weighted by Crippen LogP contribution is 2.17. The third-order valence-electron chi connectivity index (χ3n) is 1.97. The van der Waals surface area contributed by atoms with Gasteiger partial charge in [-0.1, -0.05) is 19.1 Å². The van der Waals surface area contributed by atoms with Crippen molar-refractivity contribution in [2.24, 2.45) is 5.73 Å². The fourth-order valence-corrected chi connectivity index (χ4v) is 1.08. The number of nitrogens with two attached hydrogens (primary N) is 1. The molecular weight excluding hydrogens is 168 g/mol. The predicted molar refractivity (Wildman–Crippen MR) is 50.3 cm³/mol. The third-order valence-corrected chi connectivity index (χ3v) is 1.97. The van der Waals surface area contributed by atoms with Gasteiger partial charge in [-0.2, -0.15) is 0 Å². The number of hydrogen-bond acceptors (Lipinski definition) is 3. The maximum atomic E-state index is 10.3. The summed E-state index contributed by atoms with van der Waals surface area (Å²) < 4.78 is 0. The number of benzene rings is 1. The molecule has 0 fully saturated rings. The molecule has 1 aromatic carbocycles. The molecule has 2 N–H and O–H groups in total. The third kappa shape index (κ3) is 2.26. The molecule has 0 bridgehead atoms. The van der Waals surface area contributed by atoms with Crippen LogP contribution in [0.5, 0.6) is 0 Å². The lowest BCUT2D eigenvalue weighted by atomic mass is 10.1. The van der Waals surface area contributed by atoms with Crippen molar-refractivity contribution in [3.63, 3.8) is 0 Å². The molecule has 0 aliphatic carbocycles. The number of nitro groups is 1. The second-order valence-corrected chi connectivity index (χ2v) is 2.86. The quantitative estimate of drug-likeness (QED) is 0.571. The summed E-state index contributed by atoms with van der Waals surface area (Å²) in [5.74, 6) is 0. The smallest absolute Gasteiger partial charge is 0.269 e. The molecule has 0 saturated carbocycles. The minimum atomic E-state index is -0.415. The van der Waals surface area contributed by atoms with Crippen molar-refractivity contribution in [3.05, 3.63) is 39.9 Å². The van der Waals surface area contributed by atoms with Gasteiger partial charge in [-0.25, -0.2) is 0 Å². The summed E-state index contributed by atoms with van der Waals surface area (Å²) >= 11 is 0. The lowest BCUT2D eigenvalue weighted by molar-refractivity contribution is -0.384. The van der Waals surface area contributed by atoms with Gasteiger partial charge in [0.2, 0.25) is 0 Å². The molecule has 0 aliphatic heterocycles. The Morgan fingerprint density at radius 2 is 2.00 bits per heavy atom. The van der Waals surface area contributed by atoms with Crippen molar-refractivity contribution in [1.29, 1.82) is 0 Å². The highest BCUT2D eigenvalue weighted by Gasteiger charge is 2.06. The first-order valence-corrected chi connectivity index (χ1v) is 4.15. The highest BCUT2D eigenvalue weighted by atomic mass is 16.6. The summed E-state index contributed by atoms with van der Waals surface area (Å²) in [5, 5.41) is 10.3. The average molecular weight is 180 g/mol. The van der Waals surface area contributed by atoms with E-state index in [0.717, 1.165) is 12.0 Å². The van der Waals surface area contributed by atoms with Gasteiger partial charge >= 0.3 is 0 Å². The summed E-state index contributed by atoms with van der Waals surface area (Å²) in [6.45, 7) is 1.98. The highest BCUT2D eigenvalue weighted by molar-refractivity contribution is 5.33.